The van der Waals surface area contributed by atoms with E-state index >= 15 is 0 Å². The molecule has 0 aliphatic carbocycles. The summed E-state index contributed by atoms with van der Waals surface area (Å²) in [6.07, 6.45) is 1.76. The minimum Gasteiger partial charge on any atom is -0.397 e. The Morgan fingerprint density at radius 1 is 1.05 bits per heavy atom. The smallest absolute Gasteiger partial charge is 0.225 e. The number of nitrogens with two attached hydrogens (primary N) is 1. The summed E-state index contributed by atoms with van der Waals surface area (Å²) in [4.78, 5) is 27.5. The third kappa shape index (κ3) is 3.91. The molecular weight excluding hydrogens is 254 g/mol. The van der Waals surface area contributed by atoms with Gasteiger partial charge in [0.1, 0.15) is 5.82 Å². The second-order valence-corrected chi connectivity index (χ2v) is 4.31. The molecule has 0 unspecified atom stereocenters. The highest BCUT2D eigenvalue weighted by Gasteiger charge is 2.09. The van der Waals surface area contributed by atoms with Crippen LogP contribution >= 0.6 is 0 Å². The highest BCUT2D eigenvalue weighted by atomic mass is 16.2. The highest BCUT2D eigenvalue weighted by Crippen LogP contribution is 2.08. The minimum absolute atomic E-state index is 0.0500. The Morgan fingerprint density at radius 3 is 2.45 bits per heavy atom. The molecule has 5 nitrogen and oxygen atoms in total. The van der Waals surface area contributed by atoms with Crippen LogP contribution in [0.4, 0.5) is 11.5 Å². The molecule has 0 radical (unpaired) electrons. The molecule has 1 aromatic heterocycles. The van der Waals surface area contributed by atoms with Gasteiger partial charge in [0.05, 0.1) is 11.9 Å². The molecule has 1 heterocycles. The van der Waals surface area contributed by atoms with Crippen LogP contribution in [0.2, 0.25) is 0 Å². The van der Waals surface area contributed by atoms with E-state index in [0.717, 1.165) is 0 Å². The van der Waals surface area contributed by atoms with Crippen molar-refractivity contribution in [1.29, 1.82) is 0 Å². The monoisotopic (exact) mass is 269 g/mol. The van der Waals surface area contributed by atoms with Crippen molar-refractivity contribution in [3.8, 4) is 0 Å². The van der Waals surface area contributed by atoms with Crippen LogP contribution < -0.4 is 11.1 Å². The van der Waals surface area contributed by atoms with E-state index in [9.17, 15) is 9.59 Å². The summed E-state index contributed by atoms with van der Waals surface area (Å²) in [7, 11) is 0. The van der Waals surface area contributed by atoms with Crippen LogP contribution in [0.15, 0.2) is 48.7 Å². The summed E-state index contributed by atoms with van der Waals surface area (Å²) < 4.78 is 0. The normalized spacial score (nSPS) is 10.0. The van der Waals surface area contributed by atoms with Crippen LogP contribution in [-0.2, 0) is 4.79 Å². The number of Topliss-reactive ketones (excluding diaryl/α,β-unsaturated/α-hetero) is 1. The number of hydrogen-bond donors (Lipinski definition) is 2. The van der Waals surface area contributed by atoms with E-state index in [1.165, 1.54) is 6.20 Å². The first kappa shape index (κ1) is 13.7. The van der Waals surface area contributed by atoms with Crippen LogP contribution in [0, 0.1) is 0 Å². The molecular formula is C15H15N3O2. The molecule has 0 fully saturated rings. The van der Waals surface area contributed by atoms with E-state index in [0.29, 0.717) is 17.1 Å². The third-order valence-electron chi connectivity index (χ3n) is 2.73. The topological polar surface area (TPSA) is 85.1 Å². The molecule has 0 aliphatic rings. The van der Waals surface area contributed by atoms with E-state index in [1.54, 1.807) is 36.4 Å². The van der Waals surface area contributed by atoms with E-state index in [2.05, 4.69) is 10.3 Å². The Balaban J connectivity index is 1.83. The lowest BCUT2D eigenvalue weighted by Gasteiger charge is -2.04. The van der Waals surface area contributed by atoms with Gasteiger partial charge in [-0.3, -0.25) is 9.59 Å². The Bertz CT molecular complexity index is 594. The molecule has 0 bridgehead atoms. The standard InChI is InChI=1S/C15H15N3O2/c16-12-6-8-14(17-10-12)18-15(20)9-7-13(19)11-4-2-1-3-5-11/h1-6,8,10H,7,9,16H2,(H,17,18,20). The van der Waals surface area contributed by atoms with Gasteiger partial charge in [-0.2, -0.15) is 0 Å². The minimum atomic E-state index is -0.244. The number of nitrogens with one attached hydrogen (secondary N) is 1. The molecule has 1 amide bonds. The molecule has 2 rings (SSSR count). The van der Waals surface area contributed by atoms with Gasteiger partial charge in [-0.15, -0.1) is 0 Å². The summed E-state index contributed by atoms with van der Waals surface area (Å²) in [5, 5.41) is 2.62. The number of carbonyl (C=O) groups is 2. The Labute approximate surface area is 116 Å². The van der Waals surface area contributed by atoms with Crippen LogP contribution in [0.5, 0.6) is 0 Å². The molecule has 0 spiro atoms. The van der Waals surface area contributed by atoms with E-state index in [1.807, 2.05) is 6.07 Å². The van der Waals surface area contributed by atoms with Gasteiger partial charge in [-0.25, -0.2) is 4.98 Å². The number of pyridine rings is 1. The Morgan fingerprint density at radius 2 is 1.80 bits per heavy atom. The number of carbonyl (C=O) groups excluding carboxylic acids is 2. The molecule has 0 atom stereocenters. The quantitative estimate of drug-likeness (QED) is 0.815. The second kappa shape index (κ2) is 6.47. The van der Waals surface area contributed by atoms with Gasteiger partial charge in [-0.05, 0) is 12.1 Å². The zero-order valence-electron chi connectivity index (χ0n) is 10.9. The lowest BCUT2D eigenvalue weighted by atomic mass is 10.1. The third-order valence-corrected chi connectivity index (χ3v) is 2.73. The number of aromatic nitrogens is 1. The maximum absolute atomic E-state index is 11.8. The zero-order chi connectivity index (χ0) is 14.4. The van der Waals surface area contributed by atoms with Crippen molar-refractivity contribution in [3.63, 3.8) is 0 Å². The summed E-state index contributed by atoms with van der Waals surface area (Å²) in [6.45, 7) is 0. The predicted molar refractivity (Wildman–Crippen MR) is 77.3 cm³/mol. The van der Waals surface area contributed by atoms with Gasteiger partial charge >= 0.3 is 0 Å². The Hall–Kier alpha value is -2.69. The van der Waals surface area contributed by atoms with Gasteiger partial charge in [0.2, 0.25) is 5.91 Å². The number of rotatable bonds is 5. The number of amides is 1. The van der Waals surface area contributed by atoms with E-state index < -0.39 is 0 Å². The van der Waals surface area contributed by atoms with Crippen molar-refractivity contribution < 1.29 is 9.59 Å². The first-order chi connectivity index (χ1) is 9.65. The fourth-order valence-electron chi connectivity index (χ4n) is 1.68. The molecule has 0 aliphatic heterocycles. The van der Waals surface area contributed by atoms with Crippen molar-refractivity contribution in [3.05, 3.63) is 54.2 Å². The van der Waals surface area contributed by atoms with Crippen LogP contribution in [0.1, 0.15) is 23.2 Å². The number of hydrogen-bond acceptors (Lipinski definition) is 4. The van der Waals surface area contributed by atoms with Gasteiger partial charge in [0.15, 0.2) is 5.78 Å². The van der Waals surface area contributed by atoms with Gasteiger partial charge in [0, 0.05) is 18.4 Å². The fourth-order valence-corrected chi connectivity index (χ4v) is 1.68. The fraction of sp³-hybridized carbons (Fsp3) is 0.133. The van der Waals surface area contributed by atoms with E-state index in [4.69, 9.17) is 5.73 Å². The molecule has 0 saturated heterocycles. The average Bonchev–Trinajstić information content (AvgIpc) is 2.48. The predicted octanol–water partition coefficient (Wildman–Crippen LogP) is 2.27. The number of nitrogens with zero attached hydrogens (tertiary/aromatic N) is 1. The lowest BCUT2D eigenvalue weighted by Crippen LogP contribution is -2.14. The van der Waals surface area contributed by atoms with Gasteiger partial charge in [-0.1, -0.05) is 30.3 Å². The van der Waals surface area contributed by atoms with Crippen molar-refractivity contribution in [2.24, 2.45) is 0 Å². The summed E-state index contributed by atoms with van der Waals surface area (Å²) >= 11 is 0. The van der Waals surface area contributed by atoms with Gasteiger partial charge in [0.25, 0.3) is 0 Å². The van der Waals surface area contributed by atoms with Crippen molar-refractivity contribution in [2.45, 2.75) is 12.8 Å². The largest absolute Gasteiger partial charge is 0.397 e. The lowest BCUT2D eigenvalue weighted by molar-refractivity contribution is -0.116. The average molecular weight is 269 g/mol. The number of ketones is 1. The summed E-state index contributed by atoms with van der Waals surface area (Å²) in [5.74, 6) is 0.133. The van der Waals surface area contributed by atoms with E-state index in [-0.39, 0.29) is 24.5 Å². The van der Waals surface area contributed by atoms with Crippen LogP contribution in [0.3, 0.4) is 0 Å². The van der Waals surface area contributed by atoms with Crippen molar-refractivity contribution in [2.75, 3.05) is 11.1 Å². The molecule has 102 valence electrons. The molecule has 3 N–H and O–H groups in total. The Kier molecular flexibility index (Phi) is 4.44. The molecule has 20 heavy (non-hydrogen) atoms. The highest BCUT2D eigenvalue weighted by molar-refractivity contribution is 5.99. The maximum atomic E-state index is 11.8. The maximum Gasteiger partial charge on any atom is 0.225 e. The zero-order valence-corrected chi connectivity index (χ0v) is 10.9. The molecule has 2 aromatic rings. The summed E-state index contributed by atoms with van der Waals surface area (Å²) in [6, 6.07) is 12.2. The summed E-state index contributed by atoms with van der Waals surface area (Å²) in [5.41, 5.74) is 6.65. The SMILES string of the molecule is Nc1ccc(NC(=O)CCC(=O)c2ccccc2)nc1. The van der Waals surface area contributed by atoms with Crippen LogP contribution in [0.25, 0.3) is 0 Å². The number of anilines is 2. The van der Waals surface area contributed by atoms with Crippen LogP contribution in [-0.4, -0.2) is 16.7 Å². The van der Waals surface area contributed by atoms with Gasteiger partial charge < -0.3 is 11.1 Å². The van der Waals surface area contributed by atoms with Crippen molar-refractivity contribution in [1.82, 2.24) is 4.98 Å². The molecule has 0 saturated carbocycles. The second-order valence-electron chi connectivity index (χ2n) is 4.31. The molecule has 5 heteroatoms. The first-order valence-corrected chi connectivity index (χ1v) is 6.25. The number of benzene rings is 1. The first-order valence-electron chi connectivity index (χ1n) is 6.25. The van der Waals surface area contributed by atoms with Crippen molar-refractivity contribution >= 4 is 23.2 Å². The number of nitrogen functional groups attached to an aromatic ring is 1. The molecule has 1 aromatic carbocycles.